The predicted octanol–water partition coefficient (Wildman–Crippen LogP) is 2.67. The first-order valence-corrected chi connectivity index (χ1v) is 5.81. The van der Waals surface area contributed by atoms with Gasteiger partial charge in [0, 0.05) is 11.7 Å². The lowest BCUT2D eigenvalue weighted by atomic mass is 10.1. The lowest BCUT2D eigenvalue weighted by molar-refractivity contribution is -0.136. The Bertz CT molecular complexity index is 353. The summed E-state index contributed by atoms with van der Waals surface area (Å²) in [4.78, 5) is 10.5. The summed E-state index contributed by atoms with van der Waals surface area (Å²) in [7, 11) is 0. The number of carboxylic acid groups (broad SMARTS) is 1. The van der Waals surface area contributed by atoms with Crippen molar-refractivity contribution in [1.29, 1.82) is 0 Å². The van der Waals surface area contributed by atoms with E-state index in [0.29, 0.717) is 6.04 Å². The zero-order valence-corrected chi connectivity index (χ0v) is 9.28. The van der Waals surface area contributed by atoms with Crippen LogP contribution in [0.4, 0.5) is 5.69 Å². The third-order valence-electron chi connectivity index (χ3n) is 3.04. The number of carboxylic acids is 1. The van der Waals surface area contributed by atoms with Crippen LogP contribution in [0.3, 0.4) is 0 Å². The monoisotopic (exact) mass is 219 g/mol. The van der Waals surface area contributed by atoms with Crippen LogP contribution in [0.2, 0.25) is 0 Å². The third kappa shape index (κ3) is 2.99. The Labute approximate surface area is 95.5 Å². The maximum Gasteiger partial charge on any atom is 0.307 e. The zero-order chi connectivity index (χ0) is 11.4. The van der Waals surface area contributed by atoms with Gasteiger partial charge in [-0.1, -0.05) is 25.0 Å². The molecule has 1 aliphatic rings. The topological polar surface area (TPSA) is 49.3 Å². The molecule has 0 bridgehead atoms. The molecule has 1 fully saturated rings. The quantitative estimate of drug-likeness (QED) is 0.818. The van der Waals surface area contributed by atoms with E-state index in [9.17, 15) is 4.79 Å². The fourth-order valence-corrected chi connectivity index (χ4v) is 2.20. The van der Waals surface area contributed by atoms with Crippen molar-refractivity contribution in [2.75, 3.05) is 5.32 Å². The van der Waals surface area contributed by atoms with Crippen LogP contribution in [0.1, 0.15) is 31.2 Å². The number of nitrogens with one attached hydrogen (secondary N) is 1. The Morgan fingerprint density at radius 1 is 1.25 bits per heavy atom. The zero-order valence-electron chi connectivity index (χ0n) is 9.28. The van der Waals surface area contributed by atoms with Gasteiger partial charge < -0.3 is 10.4 Å². The Balaban J connectivity index is 1.93. The van der Waals surface area contributed by atoms with Crippen molar-refractivity contribution < 1.29 is 9.90 Å². The third-order valence-corrected chi connectivity index (χ3v) is 3.04. The van der Waals surface area contributed by atoms with Gasteiger partial charge in [-0.25, -0.2) is 0 Å². The molecule has 16 heavy (non-hydrogen) atoms. The van der Waals surface area contributed by atoms with Crippen LogP contribution in [0.5, 0.6) is 0 Å². The van der Waals surface area contributed by atoms with Crippen molar-refractivity contribution in [2.45, 2.75) is 38.1 Å². The number of aliphatic carboxylic acids is 1. The summed E-state index contributed by atoms with van der Waals surface area (Å²) < 4.78 is 0. The molecule has 1 aromatic carbocycles. The van der Waals surface area contributed by atoms with E-state index < -0.39 is 5.97 Å². The van der Waals surface area contributed by atoms with Crippen molar-refractivity contribution >= 4 is 11.7 Å². The molecule has 2 N–H and O–H groups in total. The van der Waals surface area contributed by atoms with E-state index in [2.05, 4.69) is 5.32 Å². The van der Waals surface area contributed by atoms with Crippen LogP contribution >= 0.6 is 0 Å². The molecule has 0 spiro atoms. The Morgan fingerprint density at radius 3 is 2.44 bits per heavy atom. The summed E-state index contributed by atoms with van der Waals surface area (Å²) in [5.74, 6) is -0.781. The second-order valence-corrected chi connectivity index (χ2v) is 4.39. The van der Waals surface area contributed by atoms with Gasteiger partial charge in [0.05, 0.1) is 6.42 Å². The SMILES string of the molecule is O=C(O)Cc1ccc(NC2CCCC2)cc1. The highest BCUT2D eigenvalue weighted by Crippen LogP contribution is 2.22. The molecule has 0 amide bonds. The van der Waals surface area contributed by atoms with E-state index in [1.54, 1.807) is 0 Å². The van der Waals surface area contributed by atoms with Crippen molar-refractivity contribution in [3.8, 4) is 0 Å². The molecule has 3 heteroatoms. The molecule has 0 aromatic heterocycles. The minimum atomic E-state index is -0.781. The summed E-state index contributed by atoms with van der Waals surface area (Å²) in [6, 6.07) is 8.30. The molecule has 86 valence electrons. The molecule has 3 nitrogen and oxygen atoms in total. The average Bonchev–Trinajstić information content (AvgIpc) is 2.73. The smallest absolute Gasteiger partial charge is 0.307 e. The molecular weight excluding hydrogens is 202 g/mol. The van der Waals surface area contributed by atoms with E-state index in [4.69, 9.17) is 5.11 Å². The molecule has 1 saturated carbocycles. The van der Waals surface area contributed by atoms with Gasteiger partial charge in [0.15, 0.2) is 0 Å². The van der Waals surface area contributed by atoms with Gasteiger partial charge in [0.2, 0.25) is 0 Å². The summed E-state index contributed by atoms with van der Waals surface area (Å²) in [5.41, 5.74) is 1.95. The van der Waals surface area contributed by atoms with Crippen molar-refractivity contribution in [3.05, 3.63) is 29.8 Å². The fourth-order valence-electron chi connectivity index (χ4n) is 2.20. The molecule has 1 aliphatic carbocycles. The number of hydrogen-bond donors (Lipinski definition) is 2. The molecule has 0 saturated heterocycles. The van der Waals surface area contributed by atoms with Crippen LogP contribution in [-0.4, -0.2) is 17.1 Å². The first-order chi connectivity index (χ1) is 7.74. The van der Waals surface area contributed by atoms with Crippen LogP contribution in [0, 0.1) is 0 Å². The summed E-state index contributed by atoms with van der Waals surface area (Å²) in [5, 5.41) is 12.1. The highest BCUT2D eigenvalue weighted by molar-refractivity contribution is 5.70. The number of rotatable bonds is 4. The highest BCUT2D eigenvalue weighted by atomic mass is 16.4. The maximum atomic E-state index is 10.5. The van der Waals surface area contributed by atoms with E-state index in [0.717, 1.165) is 11.3 Å². The Hall–Kier alpha value is -1.51. The molecular formula is C13H17NO2. The van der Waals surface area contributed by atoms with Crippen LogP contribution in [0.15, 0.2) is 24.3 Å². The molecule has 0 radical (unpaired) electrons. The van der Waals surface area contributed by atoms with Gasteiger partial charge in [-0.15, -0.1) is 0 Å². The number of anilines is 1. The van der Waals surface area contributed by atoms with Gasteiger partial charge >= 0.3 is 5.97 Å². The Morgan fingerprint density at radius 2 is 1.88 bits per heavy atom. The van der Waals surface area contributed by atoms with E-state index >= 15 is 0 Å². The molecule has 2 rings (SSSR count). The van der Waals surface area contributed by atoms with E-state index in [1.807, 2.05) is 24.3 Å². The fraction of sp³-hybridized carbons (Fsp3) is 0.462. The summed E-state index contributed by atoms with van der Waals surface area (Å²) >= 11 is 0. The number of hydrogen-bond acceptors (Lipinski definition) is 2. The predicted molar refractivity (Wildman–Crippen MR) is 63.7 cm³/mol. The van der Waals surface area contributed by atoms with Gasteiger partial charge in [-0.2, -0.15) is 0 Å². The molecule has 0 aliphatic heterocycles. The lowest BCUT2D eigenvalue weighted by Gasteiger charge is -2.13. The van der Waals surface area contributed by atoms with Crippen molar-refractivity contribution in [1.82, 2.24) is 0 Å². The largest absolute Gasteiger partial charge is 0.481 e. The minimum absolute atomic E-state index is 0.101. The second-order valence-electron chi connectivity index (χ2n) is 4.39. The van der Waals surface area contributed by atoms with E-state index in [1.165, 1.54) is 25.7 Å². The second kappa shape index (κ2) is 5.01. The average molecular weight is 219 g/mol. The normalized spacial score (nSPS) is 16.2. The van der Waals surface area contributed by atoms with Gasteiger partial charge in [-0.3, -0.25) is 4.79 Å². The summed E-state index contributed by atoms with van der Waals surface area (Å²) in [6.07, 6.45) is 5.22. The van der Waals surface area contributed by atoms with Crippen LogP contribution in [0.25, 0.3) is 0 Å². The maximum absolute atomic E-state index is 10.5. The molecule has 0 heterocycles. The molecule has 1 aromatic rings. The van der Waals surface area contributed by atoms with Crippen LogP contribution < -0.4 is 5.32 Å². The minimum Gasteiger partial charge on any atom is -0.481 e. The number of carbonyl (C=O) groups is 1. The van der Waals surface area contributed by atoms with Crippen LogP contribution in [-0.2, 0) is 11.2 Å². The van der Waals surface area contributed by atoms with E-state index in [-0.39, 0.29) is 6.42 Å². The first kappa shape index (κ1) is 11.0. The molecule has 0 unspecified atom stereocenters. The number of benzene rings is 1. The van der Waals surface area contributed by atoms with Gasteiger partial charge in [0.25, 0.3) is 0 Å². The van der Waals surface area contributed by atoms with Gasteiger partial charge in [-0.05, 0) is 30.5 Å². The standard InChI is InChI=1S/C13H17NO2/c15-13(16)9-10-5-7-12(8-6-10)14-11-3-1-2-4-11/h5-8,11,14H,1-4,9H2,(H,15,16). The Kier molecular flexibility index (Phi) is 3.44. The van der Waals surface area contributed by atoms with Crippen molar-refractivity contribution in [3.63, 3.8) is 0 Å². The molecule has 0 atom stereocenters. The van der Waals surface area contributed by atoms with Crippen molar-refractivity contribution in [2.24, 2.45) is 0 Å². The van der Waals surface area contributed by atoms with Gasteiger partial charge in [0.1, 0.15) is 0 Å². The first-order valence-electron chi connectivity index (χ1n) is 5.81. The summed E-state index contributed by atoms with van der Waals surface area (Å²) in [6.45, 7) is 0. The lowest BCUT2D eigenvalue weighted by Crippen LogP contribution is -2.14. The highest BCUT2D eigenvalue weighted by Gasteiger charge is 2.14.